The van der Waals surface area contributed by atoms with Gasteiger partial charge in [0.2, 0.25) is 0 Å². The number of hydrogen-bond acceptors (Lipinski definition) is 4. The number of amides is 2. The Hall–Kier alpha value is -2.60. The zero-order valence-electron chi connectivity index (χ0n) is 16.4. The lowest BCUT2D eigenvalue weighted by Gasteiger charge is -2.23. The number of rotatable bonds is 8. The molecule has 0 aliphatic carbocycles. The molecule has 0 aliphatic rings. The molecular formula is C21H29N3O3. The molecule has 0 radical (unpaired) electrons. The normalized spacial score (nSPS) is 13.2. The van der Waals surface area contributed by atoms with Gasteiger partial charge in [0.05, 0.1) is 12.8 Å². The van der Waals surface area contributed by atoms with Gasteiger partial charge in [0.1, 0.15) is 0 Å². The predicted molar refractivity (Wildman–Crippen MR) is 105 cm³/mol. The number of carbonyl (C=O) groups is 2. The van der Waals surface area contributed by atoms with Crippen LogP contribution in [0.3, 0.4) is 0 Å². The van der Waals surface area contributed by atoms with Crippen molar-refractivity contribution >= 4 is 11.8 Å². The van der Waals surface area contributed by atoms with E-state index in [2.05, 4.69) is 68.1 Å². The van der Waals surface area contributed by atoms with Crippen molar-refractivity contribution in [2.75, 3.05) is 6.54 Å². The minimum atomic E-state index is -0.491. The average Bonchev–Trinajstić information content (AvgIpc) is 3.20. The topological polar surface area (TPSA) is 83.4 Å². The summed E-state index contributed by atoms with van der Waals surface area (Å²) in [4.78, 5) is 23.8. The third-order valence-electron chi connectivity index (χ3n) is 4.69. The van der Waals surface area contributed by atoms with E-state index in [1.807, 2.05) is 0 Å². The molecule has 1 aromatic heterocycles. The number of benzene rings is 1. The monoisotopic (exact) mass is 371 g/mol. The van der Waals surface area contributed by atoms with Crippen molar-refractivity contribution in [2.24, 2.45) is 5.92 Å². The van der Waals surface area contributed by atoms with Crippen molar-refractivity contribution in [1.82, 2.24) is 16.2 Å². The molecule has 1 heterocycles. The molecule has 0 saturated carbocycles. The van der Waals surface area contributed by atoms with E-state index in [-0.39, 0.29) is 24.3 Å². The highest BCUT2D eigenvalue weighted by Crippen LogP contribution is 2.25. The van der Waals surface area contributed by atoms with Crippen LogP contribution in [0.25, 0.3) is 0 Å². The van der Waals surface area contributed by atoms with E-state index >= 15 is 0 Å². The molecule has 2 rings (SSSR count). The third kappa shape index (κ3) is 5.96. The van der Waals surface area contributed by atoms with Gasteiger partial charge in [0.25, 0.3) is 5.91 Å². The molecule has 0 aliphatic heterocycles. The van der Waals surface area contributed by atoms with E-state index in [1.165, 1.54) is 17.9 Å². The molecule has 3 N–H and O–H groups in total. The predicted octanol–water partition coefficient (Wildman–Crippen LogP) is 3.54. The van der Waals surface area contributed by atoms with Gasteiger partial charge in [-0.25, -0.2) is 0 Å². The first kappa shape index (κ1) is 20.7. The Bertz CT molecular complexity index is 724. The van der Waals surface area contributed by atoms with Crippen LogP contribution in [0.15, 0.2) is 47.1 Å². The molecule has 2 amide bonds. The van der Waals surface area contributed by atoms with Crippen molar-refractivity contribution in [3.05, 3.63) is 59.5 Å². The summed E-state index contributed by atoms with van der Waals surface area (Å²) >= 11 is 0. The fourth-order valence-corrected chi connectivity index (χ4v) is 2.85. The smallest absolute Gasteiger partial charge is 0.305 e. The van der Waals surface area contributed by atoms with Gasteiger partial charge in [-0.05, 0) is 41.5 Å². The Morgan fingerprint density at radius 3 is 2.22 bits per heavy atom. The lowest BCUT2D eigenvalue weighted by molar-refractivity contribution is -0.121. The molecule has 0 fully saturated rings. The highest BCUT2D eigenvalue weighted by Gasteiger charge is 2.17. The maximum atomic E-state index is 12.0. The van der Waals surface area contributed by atoms with Gasteiger partial charge in [0, 0.05) is 6.04 Å². The first-order valence-corrected chi connectivity index (χ1v) is 9.38. The average molecular weight is 371 g/mol. The minimum absolute atomic E-state index is 0.0440. The molecular weight excluding hydrogens is 342 g/mol. The van der Waals surface area contributed by atoms with Crippen LogP contribution >= 0.6 is 0 Å². The van der Waals surface area contributed by atoms with Crippen LogP contribution in [0, 0.1) is 5.92 Å². The minimum Gasteiger partial charge on any atom is -0.459 e. The summed E-state index contributed by atoms with van der Waals surface area (Å²) in [6.07, 6.45) is 2.51. The Balaban J connectivity index is 1.88. The maximum absolute atomic E-state index is 12.0. The third-order valence-corrected chi connectivity index (χ3v) is 4.69. The second-order valence-corrected chi connectivity index (χ2v) is 7.06. The van der Waals surface area contributed by atoms with Gasteiger partial charge in [-0.1, -0.05) is 52.0 Å². The Morgan fingerprint density at radius 1 is 1.00 bits per heavy atom. The Morgan fingerprint density at radius 2 is 1.67 bits per heavy atom. The summed E-state index contributed by atoms with van der Waals surface area (Å²) in [5.74, 6) is 0.175. The zero-order chi connectivity index (χ0) is 19.8. The fraction of sp³-hybridized carbons (Fsp3) is 0.429. The molecule has 0 bridgehead atoms. The SMILES string of the molecule is CC[C@@H](C)c1ccc([C@@H](NCC(=O)NNC(=O)c2ccco2)C(C)C)cc1. The van der Waals surface area contributed by atoms with Crippen molar-refractivity contribution in [1.29, 1.82) is 0 Å². The van der Waals surface area contributed by atoms with Gasteiger partial charge in [-0.3, -0.25) is 20.4 Å². The standard InChI is InChI=1S/C21H29N3O3/c1-5-15(4)16-8-10-17(11-9-16)20(14(2)3)22-13-19(25)23-24-21(26)18-7-6-12-27-18/h6-12,14-15,20,22H,5,13H2,1-4H3,(H,23,25)(H,24,26)/t15-,20+/m1/s1. The van der Waals surface area contributed by atoms with Crippen LogP contribution in [0.5, 0.6) is 0 Å². The van der Waals surface area contributed by atoms with Crippen molar-refractivity contribution in [3.63, 3.8) is 0 Å². The van der Waals surface area contributed by atoms with Gasteiger partial charge in [-0.2, -0.15) is 0 Å². The second kappa shape index (κ2) is 9.92. The molecule has 2 atom stereocenters. The molecule has 27 heavy (non-hydrogen) atoms. The van der Waals surface area contributed by atoms with Crippen LogP contribution in [-0.4, -0.2) is 18.4 Å². The maximum Gasteiger partial charge on any atom is 0.305 e. The van der Waals surface area contributed by atoms with Crippen LogP contribution < -0.4 is 16.2 Å². The zero-order valence-corrected chi connectivity index (χ0v) is 16.4. The van der Waals surface area contributed by atoms with Crippen LogP contribution in [-0.2, 0) is 4.79 Å². The molecule has 1 aromatic carbocycles. The van der Waals surface area contributed by atoms with Crippen molar-refractivity contribution < 1.29 is 14.0 Å². The summed E-state index contributed by atoms with van der Waals surface area (Å²) in [6.45, 7) is 8.71. The van der Waals surface area contributed by atoms with E-state index < -0.39 is 5.91 Å². The fourth-order valence-electron chi connectivity index (χ4n) is 2.85. The number of hydrazine groups is 1. The van der Waals surface area contributed by atoms with Gasteiger partial charge in [0.15, 0.2) is 5.76 Å². The first-order valence-electron chi connectivity index (χ1n) is 9.38. The van der Waals surface area contributed by atoms with E-state index in [9.17, 15) is 9.59 Å². The number of hydrogen-bond donors (Lipinski definition) is 3. The highest BCUT2D eigenvalue weighted by molar-refractivity contribution is 5.93. The second-order valence-electron chi connectivity index (χ2n) is 7.06. The largest absolute Gasteiger partial charge is 0.459 e. The number of carbonyl (C=O) groups excluding carboxylic acids is 2. The highest BCUT2D eigenvalue weighted by atomic mass is 16.3. The van der Waals surface area contributed by atoms with E-state index in [1.54, 1.807) is 6.07 Å². The number of furan rings is 1. The molecule has 146 valence electrons. The molecule has 6 nitrogen and oxygen atoms in total. The van der Waals surface area contributed by atoms with Crippen LogP contribution in [0.1, 0.15) is 67.8 Å². The molecule has 0 unspecified atom stereocenters. The van der Waals surface area contributed by atoms with E-state index in [4.69, 9.17) is 4.42 Å². The van der Waals surface area contributed by atoms with Gasteiger partial charge < -0.3 is 9.73 Å². The lowest BCUT2D eigenvalue weighted by Crippen LogP contribution is -2.46. The summed E-state index contributed by atoms with van der Waals surface area (Å²) in [7, 11) is 0. The van der Waals surface area contributed by atoms with Crippen molar-refractivity contribution in [3.8, 4) is 0 Å². The van der Waals surface area contributed by atoms with Gasteiger partial charge >= 0.3 is 5.91 Å². The molecule has 6 heteroatoms. The van der Waals surface area contributed by atoms with E-state index in [0.717, 1.165) is 12.0 Å². The summed E-state index contributed by atoms with van der Waals surface area (Å²) < 4.78 is 4.97. The molecule has 2 aromatic rings. The number of nitrogens with one attached hydrogen (secondary N) is 3. The first-order chi connectivity index (χ1) is 12.9. The Kier molecular flexibility index (Phi) is 7.61. The molecule has 0 spiro atoms. The van der Waals surface area contributed by atoms with Gasteiger partial charge in [-0.15, -0.1) is 0 Å². The Labute approximate surface area is 160 Å². The summed E-state index contributed by atoms with van der Waals surface area (Å²) in [5.41, 5.74) is 7.18. The van der Waals surface area contributed by atoms with Crippen LogP contribution in [0.2, 0.25) is 0 Å². The van der Waals surface area contributed by atoms with Crippen LogP contribution in [0.4, 0.5) is 0 Å². The lowest BCUT2D eigenvalue weighted by atomic mass is 9.92. The summed E-state index contributed by atoms with van der Waals surface area (Å²) in [6, 6.07) is 11.7. The molecule has 0 saturated heterocycles. The quantitative estimate of drug-likeness (QED) is 0.620. The van der Waals surface area contributed by atoms with Crippen molar-refractivity contribution in [2.45, 2.75) is 46.1 Å². The van der Waals surface area contributed by atoms with E-state index in [0.29, 0.717) is 11.8 Å². The summed E-state index contributed by atoms with van der Waals surface area (Å²) in [5, 5.41) is 3.27.